The molecule has 0 aliphatic carbocycles. The van der Waals surface area contributed by atoms with Gasteiger partial charge in [0, 0.05) is 18.2 Å². The van der Waals surface area contributed by atoms with Gasteiger partial charge in [-0.25, -0.2) is 9.78 Å². The Labute approximate surface area is 209 Å². The van der Waals surface area contributed by atoms with Crippen molar-refractivity contribution in [1.29, 1.82) is 0 Å². The van der Waals surface area contributed by atoms with Crippen molar-refractivity contribution in [2.75, 3.05) is 16.8 Å². The van der Waals surface area contributed by atoms with Gasteiger partial charge < -0.3 is 10.1 Å². The lowest BCUT2D eigenvalue weighted by Crippen LogP contribution is -2.40. The van der Waals surface area contributed by atoms with Crippen molar-refractivity contribution in [3.8, 4) is 0 Å². The van der Waals surface area contributed by atoms with Crippen LogP contribution in [0, 0.1) is 0 Å². The number of allylic oxidation sites excluding steroid dienone is 1. The number of aromatic nitrogens is 2. The molecule has 0 bridgehead atoms. The third-order valence-electron chi connectivity index (χ3n) is 6.01. The summed E-state index contributed by atoms with van der Waals surface area (Å²) in [6.45, 7) is 7.60. The van der Waals surface area contributed by atoms with E-state index >= 15 is 0 Å². The zero-order valence-electron chi connectivity index (χ0n) is 19.9. The van der Waals surface area contributed by atoms with E-state index in [1.54, 1.807) is 18.2 Å². The van der Waals surface area contributed by atoms with Gasteiger partial charge in [0.15, 0.2) is 0 Å². The van der Waals surface area contributed by atoms with Crippen molar-refractivity contribution in [3.63, 3.8) is 0 Å². The molecule has 2 aromatic carbocycles. The first-order chi connectivity index (χ1) is 17.5. The van der Waals surface area contributed by atoms with Gasteiger partial charge in [0.05, 0.1) is 6.20 Å². The first-order valence-electron chi connectivity index (χ1n) is 11.7. The van der Waals surface area contributed by atoms with Crippen molar-refractivity contribution in [2.24, 2.45) is 0 Å². The van der Waals surface area contributed by atoms with E-state index in [4.69, 9.17) is 4.74 Å². The minimum atomic E-state index is -0.781. The summed E-state index contributed by atoms with van der Waals surface area (Å²) in [5.41, 5.74) is 0.982. The molecule has 1 aromatic heterocycles. The third-order valence-corrected chi connectivity index (χ3v) is 6.01. The molecule has 8 heteroatoms. The van der Waals surface area contributed by atoms with Crippen LogP contribution in [0.25, 0.3) is 0 Å². The number of carbonyl (C=O) groups excluding carboxylic acids is 2. The quantitative estimate of drug-likeness (QED) is 0.440. The number of hydrogen-bond acceptors (Lipinski definition) is 5. The molecule has 8 nitrogen and oxygen atoms in total. The van der Waals surface area contributed by atoms with Crippen LogP contribution in [-0.4, -0.2) is 28.1 Å². The molecule has 2 atom stereocenters. The molecule has 4 rings (SSSR count). The fourth-order valence-corrected chi connectivity index (χ4v) is 4.31. The highest BCUT2D eigenvalue weighted by atomic mass is 16.6. The topological polar surface area (TPSA) is 93.5 Å². The Kier molecular flexibility index (Phi) is 7.75. The Morgan fingerprint density at radius 3 is 2.44 bits per heavy atom. The van der Waals surface area contributed by atoms with E-state index < -0.39 is 17.7 Å². The molecular weight excluding hydrogens is 456 g/mol. The molecule has 1 aliphatic rings. The lowest BCUT2D eigenvalue weighted by atomic mass is 10.00. The number of nitrogens with one attached hydrogen (secondary N) is 1. The average molecular weight is 485 g/mol. The van der Waals surface area contributed by atoms with Gasteiger partial charge in [0.25, 0.3) is 5.56 Å². The van der Waals surface area contributed by atoms with Gasteiger partial charge in [-0.15, -0.1) is 13.2 Å². The first kappa shape index (κ1) is 24.7. The summed E-state index contributed by atoms with van der Waals surface area (Å²) in [5.74, 6) is 0.0266. The summed E-state index contributed by atoms with van der Waals surface area (Å²) < 4.78 is 6.85. The minimum absolute atomic E-state index is 0.0217. The summed E-state index contributed by atoms with van der Waals surface area (Å²) in [7, 11) is 0. The van der Waals surface area contributed by atoms with E-state index in [0.717, 1.165) is 5.56 Å². The van der Waals surface area contributed by atoms with E-state index in [1.807, 2.05) is 48.5 Å². The maximum absolute atomic E-state index is 13.7. The maximum atomic E-state index is 13.7. The summed E-state index contributed by atoms with van der Waals surface area (Å²) in [6.07, 6.45) is 4.88. The molecule has 0 saturated carbocycles. The van der Waals surface area contributed by atoms with Crippen molar-refractivity contribution >= 4 is 23.4 Å². The predicted octanol–water partition coefficient (Wildman–Crippen LogP) is 4.82. The van der Waals surface area contributed by atoms with Crippen LogP contribution in [0.4, 0.5) is 16.2 Å². The molecule has 0 radical (unpaired) electrons. The van der Waals surface area contributed by atoms with E-state index in [-0.39, 0.29) is 30.7 Å². The van der Waals surface area contributed by atoms with Crippen molar-refractivity contribution in [1.82, 2.24) is 9.55 Å². The molecular formula is C28H28N4O4. The van der Waals surface area contributed by atoms with Crippen LogP contribution in [0.1, 0.15) is 36.2 Å². The molecule has 0 spiro atoms. The molecule has 2 heterocycles. The second-order valence-electron chi connectivity index (χ2n) is 8.44. The largest absolute Gasteiger partial charge is 0.444 e. The smallest absolute Gasteiger partial charge is 0.415 e. The first-order valence-corrected chi connectivity index (χ1v) is 11.7. The van der Waals surface area contributed by atoms with Gasteiger partial charge >= 0.3 is 6.09 Å². The number of anilines is 2. The number of amides is 2. The molecule has 1 aliphatic heterocycles. The average Bonchev–Trinajstić information content (AvgIpc) is 3.27. The second-order valence-corrected chi connectivity index (χ2v) is 8.44. The van der Waals surface area contributed by atoms with E-state index in [9.17, 15) is 14.4 Å². The molecule has 0 fully saturated rings. The second kappa shape index (κ2) is 11.3. The molecule has 2 unspecified atom stereocenters. The van der Waals surface area contributed by atoms with Gasteiger partial charge in [-0.05, 0) is 30.5 Å². The van der Waals surface area contributed by atoms with E-state index in [1.165, 1.54) is 21.7 Å². The summed E-state index contributed by atoms with van der Waals surface area (Å²) in [4.78, 5) is 45.6. The number of ether oxygens (including phenoxy) is 1. The number of carbonyl (C=O) groups is 2. The fraction of sp³-hybridized carbons (Fsp3) is 0.214. The SMILES string of the molecule is C=CCC1CC(C(=O)Nc2ccccc2)n2c1ncc(N(CC=C)C(=O)OCc1ccccc1)c2=O. The van der Waals surface area contributed by atoms with Crippen molar-refractivity contribution in [3.05, 3.63) is 114 Å². The Hall–Kier alpha value is -4.46. The molecule has 184 valence electrons. The standard InChI is InChI=1S/C28H28N4O4/c1-3-11-21-17-23(26(33)30-22-14-9-6-10-15-22)32-25(21)29-18-24(27(32)34)31(16-4-2)28(35)36-19-20-12-7-5-8-13-20/h3-10,12-15,18,21,23H,1-2,11,16-17,19H2,(H,30,33). The van der Waals surface area contributed by atoms with Crippen LogP contribution >= 0.6 is 0 Å². The molecule has 2 amide bonds. The van der Waals surface area contributed by atoms with E-state index in [2.05, 4.69) is 23.5 Å². The Morgan fingerprint density at radius 2 is 1.78 bits per heavy atom. The van der Waals surface area contributed by atoms with Gasteiger partial charge in [0.2, 0.25) is 5.91 Å². The van der Waals surface area contributed by atoms with Gasteiger partial charge in [-0.2, -0.15) is 0 Å². The minimum Gasteiger partial charge on any atom is -0.444 e. The lowest BCUT2D eigenvalue weighted by Gasteiger charge is -2.22. The predicted molar refractivity (Wildman–Crippen MR) is 139 cm³/mol. The summed E-state index contributed by atoms with van der Waals surface area (Å²) in [5, 5.41) is 2.88. The highest BCUT2D eigenvalue weighted by Crippen LogP contribution is 2.37. The highest BCUT2D eigenvalue weighted by molar-refractivity contribution is 5.94. The Balaban J connectivity index is 1.65. The number of para-hydroxylation sites is 1. The molecule has 0 saturated heterocycles. The molecule has 3 aromatic rings. The maximum Gasteiger partial charge on any atom is 0.415 e. The van der Waals surface area contributed by atoms with Crippen LogP contribution in [0.2, 0.25) is 0 Å². The zero-order valence-corrected chi connectivity index (χ0v) is 19.9. The lowest BCUT2D eigenvalue weighted by molar-refractivity contribution is -0.119. The summed E-state index contributed by atoms with van der Waals surface area (Å²) in [6, 6.07) is 17.5. The van der Waals surface area contributed by atoms with Crippen LogP contribution < -0.4 is 15.8 Å². The summed E-state index contributed by atoms with van der Waals surface area (Å²) >= 11 is 0. The number of hydrogen-bond donors (Lipinski definition) is 1. The van der Waals surface area contributed by atoms with Crippen molar-refractivity contribution in [2.45, 2.75) is 31.4 Å². The van der Waals surface area contributed by atoms with Crippen molar-refractivity contribution < 1.29 is 14.3 Å². The van der Waals surface area contributed by atoms with Crippen LogP contribution in [0.5, 0.6) is 0 Å². The third kappa shape index (κ3) is 5.27. The molecule has 1 N–H and O–H groups in total. The zero-order chi connectivity index (χ0) is 25.5. The monoisotopic (exact) mass is 484 g/mol. The fourth-order valence-electron chi connectivity index (χ4n) is 4.31. The number of nitrogens with zero attached hydrogens (tertiary/aromatic N) is 3. The highest BCUT2D eigenvalue weighted by Gasteiger charge is 2.38. The van der Waals surface area contributed by atoms with Gasteiger partial charge in [-0.3, -0.25) is 19.1 Å². The van der Waals surface area contributed by atoms with Crippen LogP contribution in [-0.2, 0) is 16.1 Å². The molecule has 36 heavy (non-hydrogen) atoms. The normalized spacial score (nSPS) is 16.0. The Morgan fingerprint density at radius 1 is 1.08 bits per heavy atom. The van der Waals surface area contributed by atoms with Gasteiger partial charge in [0.1, 0.15) is 24.2 Å². The number of fused-ring (bicyclic) bond motifs is 1. The van der Waals surface area contributed by atoms with Crippen LogP contribution in [0.15, 0.2) is 97.0 Å². The van der Waals surface area contributed by atoms with Crippen LogP contribution in [0.3, 0.4) is 0 Å². The van der Waals surface area contributed by atoms with E-state index in [0.29, 0.717) is 24.4 Å². The number of benzene rings is 2. The van der Waals surface area contributed by atoms with Gasteiger partial charge in [-0.1, -0.05) is 60.7 Å². The Bertz CT molecular complexity index is 1300. The number of rotatable bonds is 9.